The zero-order valence-corrected chi connectivity index (χ0v) is 10.8. The Morgan fingerprint density at radius 2 is 1.95 bits per heavy atom. The topological polar surface area (TPSA) is 46.1 Å². The second kappa shape index (κ2) is 4.35. The third kappa shape index (κ3) is 1.93. The maximum Gasteiger partial charge on any atom is 0.280 e. The van der Waals surface area contributed by atoms with E-state index in [1.807, 2.05) is 47.0 Å². The second-order valence-corrected chi connectivity index (χ2v) is 4.74. The number of Topliss-reactive ketones (excluding diaryl/α,β-unsaturated/α-hetero) is 1. The molecule has 0 fully saturated rings. The van der Waals surface area contributed by atoms with Crippen molar-refractivity contribution in [2.75, 3.05) is 0 Å². The fourth-order valence-electron chi connectivity index (χ4n) is 2.43. The monoisotopic (exact) mass is 251 g/mol. The van der Waals surface area contributed by atoms with Gasteiger partial charge in [-0.15, -0.1) is 0 Å². The molecule has 0 saturated heterocycles. The quantitative estimate of drug-likeness (QED) is 0.658. The van der Waals surface area contributed by atoms with E-state index in [4.69, 9.17) is 5.73 Å². The van der Waals surface area contributed by atoms with Gasteiger partial charge in [-0.25, -0.2) is 4.58 Å². The van der Waals surface area contributed by atoms with E-state index < -0.39 is 0 Å². The van der Waals surface area contributed by atoms with Crippen molar-refractivity contribution >= 4 is 17.3 Å². The van der Waals surface area contributed by atoms with Gasteiger partial charge >= 0.3 is 0 Å². The van der Waals surface area contributed by atoms with Crippen LogP contribution in [0.1, 0.15) is 28.4 Å². The molecule has 0 unspecified atom stereocenters. The summed E-state index contributed by atoms with van der Waals surface area (Å²) in [6.07, 6.45) is 0. The first-order valence-corrected chi connectivity index (χ1v) is 6.26. The van der Waals surface area contributed by atoms with Gasteiger partial charge in [0, 0.05) is 11.1 Å². The summed E-state index contributed by atoms with van der Waals surface area (Å²) in [5.74, 6) is 0.813. The third-order valence-electron chi connectivity index (χ3n) is 3.48. The van der Waals surface area contributed by atoms with Crippen LogP contribution in [0.5, 0.6) is 0 Å². The molecule has 2 aromatic rings. The van der Waals surface area contributed by atoms with Gasteiger partial charge in [-0.1, -0.05) is 30.3 Å². The molecule has 3 nitrogen and oxygen atoms in total. The number of benzene rings is 2. The Balaban J connectivity index is 2.08. The molecule has 1 aliphatic heterocycles. The van der Waals surface area contributed by atoms with Crippen molar-refractivity contribution < 1.29 is 9.37 Å². The SMILES string of the molecule is CC(=O)c1cccc([N+]2=C(N)c3ccccc3C2)c1. The molecular weight excluding hydrogens is 236 g/mol. The molecule has 2 N–H and O–H groups in total. The van der Waals surface area contributed by atoms with E-state index in [9.17, 15) is 4.79 Å². The molecule has 0 radical (unpaired) electrons. The van der Waals surface area contributed by atoms with Crippen molar-refractivity contribution in [1.29, 1.82) is 0 Å². The first-order chi connectivity index (χ1) is 9.16. The van der Waals surface area contributed by atoms with Crippen LogP contribution in [0.15, 0.2) is 48.5 Å². The molecule has 0 spiro atoms. The predicted octanol–water partition coefficient (Wildman–Crippen LogP) is 2.45. The van der Waals surface area contributed by atoms with E-state index in [1.54, 1.807) is 6.92 Å². The van der Waals surface area contributed by atoms with Crippen LogP contribution in [0.2, 0.25) is 0 Å². The van der Waals surface area contributed by atoms with Crippen LogP contribution >= 0.6 is 0 Å². The Morgan fingerprint density at radius 1 is 1.16 bits per heavy atom. The zero-order valence-electron chi connectivity index (χ0n) is 10.8. The van der Waals surface area contributed by atoms with Crippen molar-refractivity contribution in [3.05, 3.63) is 65.2 Å². The number of nitrogens with two attached hydrogens (primary N) is 1. The molecule has 94 valence electrons. The minimum atomic E-state index is 0.0668. The number of carbonyl (C=O) groups is 1. The number of carbonyl (C=O) groups excluding carboxylic acids is 1. The minimum absolute atomic E-state index is 0.0668. The molecule has 0 aliphatic carbocycles. The average molecular weight is 251 g/mol. The molecule has 19 heavy (non-hydrogen) atoms. The summed E-state index contributed by atoms with van der Waals surface area (Å²) in [7, 11) is 0. The van der Waals surface area contributed by atoms with Gasteiger partial charge in [0.15, 0.2) is 5.78 Å². The molecular formula is C16H15N2O+. The van der Waals surface area contributed by atoms with E-state index in [2.05, 4.69) is 6.07 Å². The standard InChI is InChI=1S/C16H14N2O/c1-11(19)12-6-4-7-14(9-12)18-10-13-5-2-3-8-15(13)16(18)17/h2-9,17H,10H2,1H3/p+1. The minimum Gasteiger partial charge on any atom is -0.295 e. The Labute approximate surface area is 112 Å². The summed E-state index contributed by atoms with van der Waals surface area (Å²) in [5.41, 5.74) is 10.2. The van der Waals surface area contributed by atoms with Crippen molar-refractivity contribution in [3.8, 4) is 0 Å². The number of hydrogen-bond acceptors (Lipinski definition) is 2. The molecule has 0 amide bonds. The van der Waals surface area contributed by atoms with Gasteiger partial charge in [-0.05, 0) is 25.1 Å². The largest absolute Gasteiger partial charge is 0.295 e. The summed E-state index contributed by atoms with van der Waals surface area (Å²) in [4.78, 5) is 11.5. The fraction of sp³-hybridized carbons (Fsp3) is 0.125. The summed E-state index contributed by atoms with van der Waals surface area (Å²) >= 11 is 0. The molecule has 1 heterocycles. The number of fused-ring (bicyclic) bond motifs is 1. The maximum atomic E-state index is 11.5. The number of nitrogens with zero attached hydrogens (tertiary/aromatic N) is 1. The van der Waals surface area contributed by atoms with Gasteiger partial charge in [-0.2, -0.15) is 0 Å². The van der Waals surface area contributed by atoms with Gasteiger partial charge in [-0.3, -0.25) is 10.5 Å². The first-order valence-electron chi connectivity index (χ1n) is 6.26. The second-order valence-electron chi connectivity index (χ2n) is 4.74. The summed E-state index contributed by atoms with van der Waals surface area (Å²) in [5, 5.41) is 0. The highest BCUT2D eigenvalue weighted by atomic mass is 16.1. The van der Waals surface area contributed by atoms with Crippen LogP contribution < -0.4 is 5.73 Å². The lowest BCUT2D eigenvalue weighted by molar-refractivity contribution is -0.453. The Morgan fingerprint density at radius 3 is 2.68 bits per heavy atom. The van der Waals surface area contributed by atoms with E-state index >= 15 is 0 Å². The van der Waals surface area contributed by atoms with Crippen LogP contribution in [-0.2, 0) is 6.54 Å². The van der Waals surface area contributed by atoms with Gasteiger partial charge in [0.05, 0.1) is 5.56 Å². The maximum absolute atomic E-state index is 11.5. The molecule has 0 saturated carbocycles. The lowest BCUT2D eigenvalue weighted by Crippen LogP contribution is -2.20. The van der Waals surface area contributed by atoms with Gasteiger partial charge < -0.3 is 0 Å². The number of rotatable bonds is 2. The van der Waals surface area contributed by atoms with Gasteiger partial charge in [0.2, 0.25) is 0 Å². The van der Waals surface area contributed by atoms with Gasteiger partial charge in [0.1, 0.15) is 12.2 Å². The van der Waals surface area contributed by atoms with Crippen LogP contribution in [0.25, 0.3) is 0 Å². The van der Waals surface area contributed by atoms with Crippen LogP contribution in [0.3, 0.4) is 0 Å². The van der Waals surface area contributed by atoms with Gasteiger partial charge in [0.25, 0.3) is 5.84 Å². The number of amidine groups is 1. The molecule has 0 aromatic heterocycles. The number of ketones is 1. The van der Waals surface area contributed by atoms with E-state index in [-0.39, 0.29) is 5.78 Å². The molecule has 2 aromatic carbocycles. The van der Waals surface area contributed by atoms with Crippen LogP contribution in [0.4, 0.5) is 5.69 Å². The summed E-state index contributed by atoms with van der Waals surface area (Å²) < 4.78 is 2.04. The smallest absolute Gasteiger partial charge is 0.280 e. The summed E-state index contributed by atoms with van der Waals surface area (Å²) in [6, 6.07) is 15.7. The lowest BCUT2D eigenvalue weighted by atomic mass is 10.1. The van der Waals surface area contributed by atoms with Crippen molar-refractivity contribution in [2.24, 2.45) is 5.73 Å². The summed E-state index contributed by atoms with van der Waals surface area (Å²) in [6.45, 7) is 2.33. The number of hydrogen-bond donors (Lipinski definition) is 1. The first kappa shape index (κ1) is 11.7. The third-order valence-corrected chi connectivity index (χ3v) is 3.48. The fourth-order valence-corrected chi connectivity index (χ4v) is 2.43. The highest BCUT2D eigenvalue weighted by molar-refractivity contribution is 5.98. The normalized spacial score (nSPS) is 13.5. The highest BCUT2D eigenvalue weighted by Gasteiger charge is 2.25. The van der Waals surface area contributed by atoms with Crippen molar-refractivity contribution in [2.45, 2.75) is 13.5 Å². The predicted molar refractivity (Wildman–Crippen MR) is 74.8 cm³/mol. The highest BCUT2D eigenvalue weighted by Crippen LogP contribution is 2.24. The Bertz CT molecular complexity index is 701. The molecule has 1 aliphatic rings. The molecule has 3 heteroatoms. The molecule has 0 atom stereocenters. The van der Waals surface area contributed by atoms with Crippen LogP contribution in [0, 0.1) is 0 Å². The Kier molecular flexibility index (Phi) is 2.67. The van der Waals surface area contributed by atoms with E-state index in [1.165, 1.54) is 5.56 Å². The van der Waals surface area contributed by atoms with Crippen LogP contribution in [-0.4, -0.2) is 16.2 Å². The van der Waals surface area contributed by atoms with E-state index in [0.29, 0.717) is 5.56 Å². The molecule has 0 bridgehead atoms. The molecule has 3 rings (SSSR count). The Hall–Kier alpha value is -2.42. The van der Waals surface area contributed by atoms with E-state index in [0.717, 1.165) is 23.6 Å². The van der Waals surface area contributed by atoms with Crippen molar-refractivity contribution in [3.63, 3.8) is 0 Å². The lowest BCUT2D eigenvalue weighted by Gasteiger charge is -2.04. The van der Waals surface area contributed by atoms with Crippen molar-refractivity contribution in [1.82, 2.24) is 0 Å². The zero-order chi connectivity index (χ0) is 13.4. The average Bonchev–Trinajstić information content (AvgIpc) is 2.77.